The van der Waals surface area contributed by atoms with Crippen LogP contribution in [0, 0.1) is 12.8 Å². The van der Waals surface area contributed by atoms with Gasteiger partial charge in [-0.1, -0.05) is 43.5 Å². The largest absolute Gasteiger partial charge is 0.373 e. The molecule has 18 heavy (non-hydrogen) atoms. The SMILES string of the molecule is Cc1ccccc1C(=O)COCC1CCCCC1. The van der Waals surface area contributed by atoms with Crippen LogP contribution >= 0.6 is 0 Å². The van der Waals surface area contributed by atoms with Gasteiger partial charge in [0.15, 0.2) is 5.78 Å². The summed E-state index contributed by atoms with van der Waals surface area (Å²) in [5.41, 5.74) is 1.82. The van der Waals surface area contributed by atoms with Gasteiger partial charge < -0.3 is 4.74 Å². The zero-order valence-electron chi connectivity index (χ0n) is 11.2. The third-order valence-corrected chi connectivity index (χ3v) is 3.76. The van der Waals surface area contributed by atoms with E-state index >= 15 is 0 Å². The van der Waals surface area contributed by atoms with Crippen LogP contribution in [0.4, 0.5) is 0 Å². The molecule has 0 unspecified atom stereocenters. The molecule has 0 amide bonds. The van der Waals surface area contributed by atoms with E-state index < -0.39 is 0 Å². The summed E-state index contributed by atoms with van der Waals surface area (Å²) in [7, 11) is 0. The van der Waals surface area contributed by atoms with Gasteiger partial charge in [-0.3, -0.25) is 4.79 Å². The summed E-state index contributed by atoms with van der Waals surface area (Å²) < 4.78 is 5.59. The summed E-state index contributed by atoms with van der Waals surface area (Å²) >= 11 is 0. The Labute approximate surface area is 109 Å². The van der Waals surface area contributed by atoms with Crippen molar-refractivity contribution < 1.29 is 9.53 Å². The summed E-state index contributed by atoms with van der Waals surface area (Å²) in [5.74, 6) is 0.771. The predicted octanol–water partition coefficient (Wildman–Crippen LogP) is 3.77. The molecule has 1 aliphatic carbocycles. The lowest BCUT2D eigenvalue weighted by Crippen LogP contribution is -2.17. The van der Waals surface area contributed by atoms with Crippen molar-refractivity contribution in [2.24, 2.45) is 5.92 Å². The Morgan fingerprint density at radius 3 is 2.67 bits per heavy atom. The Hall–Kier alpha value is -1.15. The molecule has 2 nitrogen and oxygen atoms in total. The molecule has 98 valence electrons. The topological polar surface area (TPSA) is 26.3 Å². The molecule has 0 atom stereocenters. The van der Waals surface area contributed by atoms with E-state index in [1.165, 1.54) is 32.1 Å². The Morgan fingerprint density at radius 2 is 1.94 bits per heavy atom. The van der Waals surface area contributed by atoms with Crippen LogP contribution in [-0.4, -0.2) is 19.0 Å². The van der Waals surface area contributed by atoms with E-state index in [2.05, 4.69) is 0 Å². The summed E-state index contributed by atoms with van der Waals surface area (Å²) in [5, 5.41) is 0. The zero-order chi connectivity index (χ0) is 12.8. The second-order valence-corrected chi connectivity index (χ2v) is 5.26. The van der Waals surface area contributed by atoms with Crippen molar-refractivity contribution in [1.29, 1.82) is 0 Å². The van der Waals surface area contributed by atoms with Gasteiger partial charge in [0.2, 0.25) is 0 Å². The van der Waals surface area contributed by atoms with Gasteiger partial charge in [0.1, 0.15) is 6.61 Å². The normalized spacial score (nSPS) is 16.7. The van der Waals surface area contributed by atoms with E-state index in [9.17, 15) is 4.79 Å². The Kier molecular flexibility index (Phi) is 4.94. The molecule has 0 N–H and O–H groups in total. The van der Waals surface area contributed by atoms with Crippen LogP contribution in [0.25, 0.3) is 0 Å². The Balaban J connectivity index is 1.76. The Bertz CT molecular complexity index is 392. The first-order valence-electron chi connectivity index (χ1n) is 6.94. The van der Waals surface area contributed by atoms with Crippen LogP contribution in [0.5, 0.6) is 0 Å². The van der Waals surface area contributed by atoms with E-state index in [1.54, 1.807) is 0 Å². The number of hydrogen-bond donors (Lipinski definition) is 0. The molecule has 1 aromatic carbocycles. The van der Waals surface area contributed by atoms with Gasteiger partial charge in [-0.2, -0.15) is 0 Å². The quantitative estimate of drug-likeness (QED) is 0.739. The Morgan fingerprint density at radius 1 is 1.22 bits per heavy atom. The lowest BCUT2D eigenvalue weighted by Gasteiger charge is -2.21. The maximum atomic E-state index is 12.0. The first-order valence-corrected chi connectivity index (χ1v) is 6.94. The number of carbonyl (C=O) groups is 1. The van der Waals surface area contributed by atoms with E-state index in [1.807, 2.05) is 31.2 Å². The molecule has 1 aromatic rings. The average Bonchev–Trinajstić information content (AvgIpc) is 2.40. The van der Waals surface area contributed by atoms with Gasteiger partial charge >= 0.3 is 0 Å². The van der Waals surface area contributed by atoms with E-state index in [0.717, 1.165) is 17.7 Å². The van der Waals surface area contributed by atoms with Crippen molar-refractivity contribution in [2.45, 2.75) is 39.0 Å². The number of aryl methyl sites for hydroxylation is 1. The minimum absolute atomic E-state index is 0.101. The molecular formula is C16H22O2. The highest BCUT2D eigenvalue weighted by atomic mass is 16.5. The number of hydrogen-bond acceptors (Lipinski definition) is 2. The summed E-state index contributed by atoms with van der Waals surface area (Å²) in [4.78, 5) is 12.0. The van der Waals surface area contributed by atoms with Crippen molar-refractivity contribution in [2.75, 3.05) is 13.2 Å². The number of Topliss-reactive ketones (excluding diaryl/α,β-unsaturated/α-hetero) is 1. The highest BCUT2D eigenvalue weighted by molar-refractivity contribution is 5.98. The minimum atomic E-state index is 0.101. The molecule has 0 radical (unpaired) electrons. The number of ketones is 1. The number of carbonyl (C=O) groups excluding carboxylic acids is 1. The van der Waals surface area contributed by atoms with Gasteiger partial charge in [-0.05, 0) is 31.2 Å². The second kappa shape index (κ2) is 6.69. The number of benzene rings is 1. The minimum Gasteiger partial charge on any atom is -0.373 e. The van der Waals surface area contributed by atoms with E-state index in [0.29, 0.717) is 5.92 Å². The molecule has 0 saturated heterocycles. The first-order chi connectivity index (χ1) is 8.77. The fourth-order valence-corrected chi connectivity index (χ4v) is 2.64. The second-order valence-electron chi connectivity index (χ2n) is 5.26. The molecule has 2 heteroatoms. The van der Waals surface area contributed by atoms with Gasteiger partial charge in [0, 0.05) is 5.56 Å². The lowest BCUT2D eigenvalue weighted by atomic mass is 9.90. The van der Waals surface area contributed by atoms with Crippen LogP contribution in [0.3, 0.4) is 0 Å². The summed E-state index contributed by atoms with van der Waals surface area (Å²) in [6, 6.07) is 7.70. The first kappa shape index (κ1) is 13.3. The van der Waals surface area contributed by atoms with Crippen LogP contribution in [0.2, 0.25) is 0 Å². The van der Waals surface area contributed by atoms with Gasteiger partial charge in [-0.15, -0.1) is 0 Å². The molecule has 0 bridgehead atoms. The van der Waals surface area contributed by atoms with Crippen molar-refractivity contribution in [3.8, 4) is 0 Å². The van der Waals surface area contributed by atoms with Crippen molar-refractivity contribution in [1.82, 2.24) is 0 Å². The molecule has 0 heterocycles. The average molecular weight is 246 g/mol. The predicted molar refractivity (Wildman–Crippen MR) is 72.9 cm³/mol. The third kappa shape index (κ3) is 3.67. The number of rotatable bonds is 5. The van der Waals surface area contributed by atoms with Crippen LogP contribution < -0.4 is 0 Å². The molecule has 1 saturated carbocycles. The van der Waals surface area contributed by atoms with E-state index in [-0.39, 0.29) is 12.4 Å². The van der Waals surface area contributed by atoms with Crippen LogP contribution in [-0.2, 0) is 4.74 Å². The molecular weight excluding hydrogens is 224 g/mol. The number of ether oxygens (including phenoxy) is 1. The fraction of sp³-hybridized carbons (Fsp3) is 0.562. The molecule has 0 aliphatic heterocycles. The maximum Gasteiger partial charge on any atom is 0.188 e. The molecule has 1 fully saturated rings. The van der Waals surface area contributed by atoms with Gasteiger partial charge in [-0.25, -0.2) is 0 Å². The van der Waals surface area contributed by atoms with Crippen LogP contribution in [0.1, 0.15) is 48.0 Å². The highest BCUT2D eigenvalue weighted by Crippen LogP contribution is 2.23. The smallest absolute Gasteiger partial charge is 0.188 e. The van der Waals surface area contributed by atoms with Gasteiger partial charge in [0.05, 0.1) is 6.61 Å². The maximum absolute atomic E-state index is 12.0. The summed E-state index contributed by atoms with van der Waals surface area (Å²) in [6.07, 6.45) is 6.52. The standard InChI is InChI=1S/C16H22O2/c1-13-7-5-6-10-15(13)16(17)12-18-11-14-8-3-2-4-9-14/h5-7,10,14H,2-4,8-9,11-12H2,1H3. The van der Waals surface area contributed by atoms with Crippen LogP contribution in [0.15, 0.2) is 24.3 Å². The summed E-state index contributed by atoms with van der Waals surface area (Å²) in [6.45, 7) is 2.94. The van der Waals surface area contributed by atoms with Crippen molar-refractivity contribution in [3.63, 3.8) is 0 Å². The molecule has 0 aromatic heterocycles. The fourth-order valence-electron chi connectivity index (χ4n) is 2.64. The van der Waals surface area contributed by atoms with Crippen molar-refractivity contribution >= 4 is 5.78 Å². The van der Waals surface area contributed by atoms with E-state index in [4.69, 9.17) is 4.74 Å². The lowest BCUT2D eigenvalue weighted by molar-refractivity contribution is 0.0628. The van der Waals surface area contributed by atoms with Gasteiger partial charge in [0.25, 0.3) is 0 Å². The van der Waals surface area contributed by atoms with Crippen molar-refractivity contribution in [3.05, 3.63) is 35.4 Å². The molecule has 0 spiro atoms. The highest BCUT2D eigenvalue weighted by Gasteiger charge is 2.14. The molecule has 2 rings (SSSR count). The zero-order valence-corrected chi connectivity index (χ0v) is 11.2. The molecule has 1 aliphatic rings. The monoisotopic (exact) mass is 246 g/mol. The third-order valence-electron chi connectivity index (χ3n) is 3.76.